The van der Waals surface area contributed by atoms with E-state index in [9.17, 15) is 18.3 Å². The third-order valence-electron chi connectivity index (χ3n) is 2.59. The fourth-order valence-corrected chi connectivity index (χ4v) is 2.17. The van der Waals surface area contributed by atoms with Crippen molar-refractivity contribution in [2.75, 3.05) is 0 Å². The monoisotopic (exact) mass is 350 g/mol. The van der Waals surface area contributed by atoms with E-state index in [1.807, 2.05) is 0 Å². The Kier molecular flexibility index (Phi) is 4.18. The lowest BCUT2D eigenvalue weighted by atomic mass is 10.0. The Bertz CT molecular complexity index is 634. The van der Waals surface area contributed by atoms with Crippen molar-refractivity contribution in [3.05, 3.63) is 68.4 Å². The molecule has 100 valence electrons. The van der Waals surface area contributed by atoms with Gasteiger partial charge < -0.3 is 5.11 Å². The highest BCUT2D eigenvalue weighted by molar-refractivity contribution is 9.10. The first-order chi connectivity index (χ1) is 8.90. The van der Waals surface area contributed by atoms with Gasteiger partial charge in [-0.25, -0.2) is 13.2 Å². The molecule has 1 atom stereocenters. The van der Waals surface area contributed by atoms with Crippen molar-refractivity contribution in [2.24, 2.45) is 0 Å². The maximum atomic E-state index is 13.7. The van der Waals surface area contributed by atoms with Crippen molar-refractivity contribution in [3.63, 3.8) is 0 Å². The first-order valence-electron chi connectivity index (χ1n) is 5.17. The Morgan fingerprint density at radius 2 is 1.58 bits per heavy atom. The van der Waals surface area contributed by atoms with Crippen LogP contribution in [-0.4, -0.2) is 5.11 Å². The number of benzene rings is 2. The molecular weight excluding hydrogens is 344 g/mol. The first-order valence-corrected chi connectivity index (χ1v) is 6.34. The van der Waals surface area contributed by atoms with Gasteiger partial charge in [0.2, 0.25) is 0 Å². The molecule has 2 aromatic carbocycles. The lowest BCUT2D eigenvalue weighted by Crippen LogP contribution is -2.06. The van der Waals surface area contributed by atoms with Crippen LogP contribution < -0.4 is 0 Å². The van der Waals surface area contributed by atoms with Crippen LogP contribution in [-0.2, 0) is 0 Å². The fraction of sp³-hybridized carbons (Fsp3) is 0.0769. The minimum Gasteiger partial charge on any atom is -0.383 e. The van der Waals surface area contributed by atoms with Crippen LogP contribution in [0.3, 0.4) is 0 Å². The van der Waals surface area contributed by atoms with Gasteiger partial charge in [-0.1, -0.05) is 27.5 Å². The minimum absolute atomic E-state index is 0.157. The summed E-state index contributed by atoms with van der Waals surface area (Å²) in [6.07, 6.45) is -1.62. The van der Waals surface area contributed by atoms with Crippen LogP contribution in [0.15, 0.2) is 34.8 Å². The second-order valence-corrected chi connectivity index (χ2v) is 5.18. The van der Waals surface area contributed by atoms with Gasteiger partial charge in [0, 0.05) is 15.6 Å². The highest BCUT2D eigenvalue weighted by Gasteiger charge is 2.20. The number of halogens is 5. The topological polar surface area (TPSA) is 20.2 Å². The molecule has 0 spiro atoms. The SMILES string of the molecule is OC(c1cc(Br)ccc1F)c1cc(F)c(Cl)cc1F. The molecule has 0 saturated carbocycles. The van der Waals surface area contributed by atoms with E-state index in [4.69, 9.17) is 11.6 Å². The largest absolute Gasteiger partial charge is 0.383 e. The van der Waals surface area contributed by atoms with E-state index in [-0.39, 0.29) is 11.1 Å². The predicted molar refractivity (Wildman–Crippen MR) is 69.5 cm³/mol. The maximum Gasteiger partial charge on any atom is 0.142 e. The Balaban J connectivity index is 2.52. The molecule has 0 aliphatic carbocycles. The number of hydrogen-bond acceptors (Lipinski definition) is 1. The summed E-state index contributed by atoms with van der Waals surface area (Å²) in [6, 6.07) is 5.34. The molecule has 0 aliphatic rings. The second-order valence-electron chi connectivity index (χ2n) is 3.86. The van der Waals surface area contributed by atoms with Gasteiger partial charge >= 0.3 is 0 Å². The van der Waals surface area contributed by atoms with Crippen molar-refractivity contribution >= 4 is 27.5 Å². The van der Waals surface area contributed by atoms with Crippen molar-refractivity contribution in [2.45, 2.75) is 6.10 Å². The molecule has 19 heavy (non-hydrogen) atoms. The fourth-order valence-electron chi connectivity index (χ4n) is 1.64. The van der Waals surface area contributed by atoms with Gasteiger partial charge in [0.25, 0.3) is 0 Å². The van der Waals surface area contributed by atoms with E-state index < -0.39 is 28.6 Å². The molecule has 0 amide bonds. The number of aliphatic hydroxyl groups is 1. The van der Waals surface area contributed by atoms with Gasteiger partial charge in [-0.15, -0.1) is 0 Å². The summed E-state index contributed by atoms with van der Waals surface area (Å²) in [4.78, 5) is 0. The first kappa shape index (κ1) is 14.4. The van der Waals surface area contributed by atoms with Crippen molar-refractivity contribution in [1.82, 2.24) is 0 Å². The molecule has 0 bridgehead atoms. The molecular formula is C13H7BrClF3O. The predicted octanol–water partition coefficient (Wildman–Crippen LogP) is 4.60. The van der Waals surface area contributed by atoms with Crippen LogP contribution in [0, 0.1) is 17.5 Å². The Morgan fingerprint density at radius 3 is 2.26 bits per heavy atom. The summed E-state index contributed by atoms with van der Waals surface area (Å²) in [6.45, 7) is 0. The summed E-state index contributed by atoms with van der Waals surface area (Å²) in [5, 5.41) is 9.58. The third kappa shape index (κ3) is 2.94. The van der Waals surface area contributed by atoms with Crippen molar-refractivity contribution < 1.29 is 18.3 Å². The number of hydrogen-bond donors (Lipinski definition) is 1. The Labute approximate surface area is 120 Å². The zero-order valence-electron chi connectivity index (χ0n) is 9.30. The molecule has 0 saturated heterocycles. The average Bonchev–Trinajstić information content (AvgIpc) is 2.36. The van der Waals surface area contributed by atoms with Gasteiger partial charge in [0.1, 0.15) is 23.6 Å². The molecule has 6 heteroatoms. The lowest BCUT2D eigenvalue weighted by molar-refractivity contribution is 0.209. The van der Waals surface area contributed by atoms with Gasteiger partial charge in [0.15, 0.2) is 0 Å². The van der Waals surface area contributed by atoms with Crippen LogP contribution >= 0.6 is 27.5 Å². The zero-order valence-corrected chi connectivity index (χ0v) is 11.6. The summed E-state index contributed by atoms with van der Waals surface area (Å²) in [7, 11) is 0. The molecule has 0 aromatic heterocycles. The van der Waals surface area contributed by atoms with Crippen LogP contribution in [0.2, 0.25) is 5.02 Å². The van der Waals surface area contributed by atoms with E-state index in [0.29, 0.717) is 4.47 Å². The second kappa shape index (κ2) is 5.53. The van der Waals surface area contributed by atoms with Crippen LogP contribution in [0.1, 0.15) is 17.2 Å². The Hall–Kier alpha value is -1.04. The minimum atomic E-state index is -1.62. The van der Waals surface area contributed by atoms with Gasteiger partial charge in [-0.05, 0) is 30.3 Å². The van der Waals surface area contributed by atoms with E-state index in [1.54, 1.807) is 0 Å². The summed E-state index contributed by atoms with van der Waals surface area (Å²) in [5.41, 5.74) is -0.533. The molecule has 2 rings (SSSR count). The standard InChI is InChI=1S/C13H7BrClF3O/c14-6-1-2-10(16)7(3-6)13(19)8-4-12(18)9(15)5-11(8)17/h1-5,13,19H. The highest BCUT2D eigenvalue weighted by Crippen LogP contribution is 2.30. The summed E-state index contributed by atoms with van der Waals surface area (Å²) < 4.78 is 41.1. The van der Waals surface area contributed by atoms with Crippen LogP contribution in [0.4, 0.5) is 13.2 Å². The van der Waals surface area contributed by atoms with E-state index in [1.165, 1.54) is 12.1 Å². The highest BCUT2D eigenvalue weighted by atomic mass is 79.9. The lowest BCUT2D eigenvalue weighted by Gasteiger charge is -2.14. The average molecular weight is 352 g/mol. The zero-order chi connectivity index (χ0) is 14.2. The van der Waals surface area contributed by atoms with Gasteiger partial charge in [-0.2, -0.15) is 0 Å². The quantitative estimate of drug-likeness (QED) is 0.784. The maximum absolute atomic E-state index is 13.7. The molecule has 1 unspecified atom stereocenters. The normalized spacial score (nSPS) is 12.5. The van der Waals surface area contributed by atoms with Gasteiger partial charge in [0.05, 0.1) is 5.02 Å². The Morgan fingerprint density at radius 1 is 0.947 bits per heavy atom. The summed E-state index contributed by atoms with van der Waals surface area (Å²) in [5.74, 6) is -2.50. The van der Waals surface area contributed by atoms with Crippen molar-refractivity contribution in [1.29, 1.82) is 0 Å². The molecule has 0 radical (unpaired) electrons. The molecule has 1 nitrogen and oxygen atoms in total. The molecule has 1 N–H and O–H groups in total. The summed E-state index contributed by atoms with van der Waals surface area (Å²) >= 11 is 8.53. The van der Waals surface area contributed by atoms with Crippen molar-refractivity contribution in [3.8, 4) is 0 Å². The molecule has 2 aromatic rings. The van der Waals surface area contributed by atoms with Gasteiger partial charge in [-0.3, -0.25) is 0 Å². The number of aliphatic hydroxyl groups excluding tert-OH is 1. The van der Waals surface area contributed by atoms with E-state index >= 15 is 0 Å². The molecule has 0 heterocycles. The number of rotatable bonds is 2. The van der Waals surface area contributed by atoms with E-state index in [0.717, 1.165) is 18.2 Å². The third-order valence-corrected chi connectivity index (χ3v) is 3.37. The van der Waals surface area contributed by atoms with Crippen LogP contribution in [0.5, 0.6) is 0 Å². The smallest absolute Gasteiger partial charge is 0.142 e. The van der Waals surface area contributed by atoms with Crippen LogP contribution in [0.25, 0.3) is 0 Å². The molecule has 0 fully saturated rings. The molecule has 0 aliphatic heterocycles. The van der Waals surface area contributed by atoms with E-state index in [2.05, 4.69) is 15.9 Å².